The zero-order chi connectivity index (χ0) is 19.7. The summed E-state index contributed by atoms with van der Waals surface area (Å²) in [6.07, 6.45) is 1.28. The fourth-order valence-corrected chi connectivity index (χ4v) is 3.03. The Kier molecular flexibility index (Phi) is 4.84. The van der Waals surface area contributed by atoms with Crippen molar-refractivity contribution in [1.82, 2.24) is 0 Å². The lowest BCUT2D eigenvalue weighted by Gasteiger charge is -2.08. The molecule has 4 rings (SSSR count). The molecular weight excluding hydrogens is 386 g/mol. The Morgan fingerprint density at radius 2 is 1.79 bits per heavy atom. The maximum absolute atomic E-state index is 14.0. The van der Waals surface area contributed by atoms with E-state index in [1.165, 1.54) is 36.4 Å². The largest absolute Gasteiger partial charge is 0.489 e. The van der Waals surface area contributed by atoms with Crippen LogP contribution in [0.3, 0.4) is 0 Å². The number of ketones is 1. The number of benzene rings is 3. The smallest absolute Gasteiger partial charge is 0.231 e. The topological polar surface area (TPSA) is 35.5 Å². The number of Topliss-reactive ketones (excluding diaryl/α,β-unsaturated/α-hetero) is 1. The number of fused-ring (bicyclic) bond motifs is 1. The van der Waals surface area contributed by atoms with E-state index in [1.807, 2.05) is 0 Å². The molecule has 0 saturated heterocycles. The minimum absolute atomic E-state index is 0.0340. The zero-order valence-electron chi connectivity index (χ0n) is 14.4. The molecule has 3 aromatic rings. The molecule has 1 heterocycles. The van der Waals surface area contributed by atoms with Crippen LogP contribution in [0, 0.1) is 11.6 Å². The summed E-state index contributed by atoms with van der Waals surface area (Å²) in [5.74, 6) is -0.624. The maximum Gasteiger partial charge on any atom is 0.231 e. The van der Waals surface area contributed by atoms with Crippen LogP contribution in [-0.2, 0) is 6.61 Å². The Morgan fingerprint density at radius 1 is 1.00 bits per heavy atom. The predicted molar refractivity (Wildman–Crippen MR) is 102 cm³/mol. The van der Waals surface area contributed by atoms with Crippen LogP contribution in [0.15, 0.2) is 66.4 Å². The van der Waals surface area contributed by atoms with Crippen LogP contribution in [0.4, 0.5) is 8.78 Å². The van der Waals surface area contributed by atoms with Crippen molar-refractivity contribution in [2.45, 2.75) is 6.61 Å². The molecule has 0 spiro atoms. The van der Waals surface area contributed by atoms with E-state index in [0.29, 0.717) is 16.9 Å². The quantitative estimate of drug-likeness (QED) is 0.520. The van der Waals surface area contributed by atoms with Crippen LogP contribution < -0.4 is 9.47 Å². The van der Waals surface area contributed by atoms with Gasteiger partial charge in [0.05, 0.1) is 10.6 Å². The number of hydrogen-bond acceptors (Lipinski definition) is 3. The minimum Gasteiger partial charge on any atom is -0.489 e. The number of hydrogen-bond donors (Lipinski definition) is 0. The molecule has 1 aliphatic rings. The highest BCUT2D eigenvalue weighted by molar-refractivity contribution is 6.32. The molecule has 0 bridgehead atoms. The van der Waals surface area contributed by atoms with E-state index in [0.717, 1.165) is 0 Å². The summed E-state index contributed by atoms with van der Waals surface area (Å²) in [4.78, 5) is 12.5. The molecule has 0 aromatic heterocycles. The number of halogens is 3. The van der Waals surface area contributed by atoms with Crippen molar-refractivity contribution in [1.29, 1.82) is 0 Å². The van der Waals surface area contributed by atoms with Gasteiger partial charge in [0.15, 0.2) is 5.76 Å². The lowest BCUT2D eigenvalue weighted by Crippen LogP contribution is -1.99. The molecule has 140 valence electrons. The van der Waals surface area contributed by atoms with Crippen LogP contribution in [0.25, 0.3) is 6.08 Å². The predicted octanol–water partition coefficient (Wildman–Crippen LogP) is 5.81. The first-order chi connectivity index (χ1) is 13.5. The van der Waals surface area contributed by atoms with Gasteiger partial charge in [-0.3, -0.25) is 4.79 Å². The van der Waals surface area contributed by atoms with E-state index in [-0.39, 0.29) is 40.3 Å². The van der Waals surface area contributed by atoms with E-state index in [1.54, 1.807) is 30.3 Å². The van der Waals surface area contributed by atoms with Crippen molar-refractivity contribution in [2.75, 3.05) is 0 Å². The van der Waals surface area contributed by atoms with Crippen molar-refractivity contribution >= 4 is 23.5 Å². The highest BCUT2D eigenvalue weighted by atomic mass is 35.5. The summed E-state index contributed by atoms with van der Waals surface area (Å²) in [6, 6.07) is 15.2. The van der Waals surface area contributed by atoms with E-state index in [9.17, 15) is 13.6 Å². The molecule has 0 radical (unpaired) electrons. The highest BCUT2D eigenvalue weighted by Gasteiger charge is 2.28. The normalized spacial score (nSPS) is 14.1. The van der Waals surface area contributed by atoms with Gasteiger partial charge in [-0.2, -0.15) is 0 Å². The summed E-state index contributed by atoms with van der Waals surface area (Å²) in [5, 5.41) is 0.175. The SMILES string of the molecule is O=C1/C(=C\c2c(F)cccc2Cl)Oc2cc(OCc3ccccc3F)ccc21. The first-order valence-electron chi connectivity index (χ1n) is 8.41. The number of carbonyl (C=O) groups is 1. The van der Waals surface area contributed by atoms with Gasteiger partial charge in [0.2, 0.25) is 5.78 Å². The monoisotopic (exact) mass is 398 g/mol. The van der Waals surface area contributed by atoms with E-state index >= 15 is 0 Å². The molecule has 3 aromatic carbocycles. The lowest BCUT2D eigenvalue weighted by atomic mass is 10.1. The average Bonchev–Trinajstić information content (AvgIpc) is 2.99. The molecule has 0 unspecified atom stereocenters. The van der Waals surface area contributed by atoms with Gasteiger partial charge in [-0.1, -0.05) is 35.9 Å². The second-order valence-corrected chi connectivity index (χ2v) is 6.52. The fraction of sp³-hybridized carbons (Fsp3) is 0.0455. The maximum atomic E-state index is 14.0. The van der Waals surface area contributed by atoms with Gasteiger partial charge < -0.3 is 9.47 Å². The number of rotatable bonds is 4. The molecular formula is C22H13ClF2O3. The first kappa shape index (κ1) is 18.2. The van der Waals surface area contributed by atoms with Gasteiger partial charge in [0, 0.05) is 17.2 Å². The minimum atomic E-state index is -0.554. The number of allylic oxidation sites excluding steroid dienone is 1. The fourth-order valence-electron chi connectivity index (χ4n) is 2.81. The van der Waals surface area contributed by atoms with Gasteiger partial charge in [-0.05, 0) is 36.4 Å². The average molecular weight is 399 g/mol. The second kappa shape index (κ2) is 7.44. The van der Waals surface area contributed by atoms with Crippen LogP contribution in [-0.4, -0.2) is 5.78 Å². The summed E-state index contributed by atoms with van der Waals surface area (Å²) >= 11 is 6.00. The summed E-state index contributed by atoms with van der Waals surface area (Å²) in [6.45, 7) is 0.0347. The van der Waals surface area contributed by atoms with Crippen molar-refractivity contribution in [3.05, 3.63) is 99.8 Å². The van der Waals surface area contributed by atoms with Gasteiger partial charge in [-0.15, -0.1) is 0 Å². The summed E-state index contributed by atoms with van der Waals surface area (Å²) in [7, 11) is 0. The van der Waals surface area contributed by atoms with E-state index in [2.05, 4.69) is 0 Å². The molecule has 0 aliphatic carbocycles. The van der Waals surface area contributed by atoms with Crippen LogP contribution >= 0.6 is 11.6 Å². The molecule has 1 aliphatic heterocycles. The molecule has 0 atom stereocenters. The van der Waals surface area contributed by atoms with Crippen molar-refractivity contribution in [3.63, 3.8) is 0 Å². The van der Waals surface area contributed by atoms with Gasteiger partial charge in [0.1, 0.15) is 29.7 Å². The van der Waals surface area contributed by atoms with Gasteiger partial charge in [-0.25, -0.2) is 8.78 Å². The molecule has 0 fully saturated rings. The molecule has 6 heteroatoms. The van der Waals surface area contributed by atoms with Crippen LogP contribution in [0.2, 0.25) is 5.02 Å². The first-order valence-corrected chi connectivity index (χ1v) is 8.79. The third kappa shape index (κ3) is 3.49. The van der Waals surface area contributed by atoms with Crippen molar-refractivity contribution in [3.8, 4) is 11.5 Å². The Balaban J connectivity index is 1.56. The Morgan fingerprint density at radius 3 is 2.57 bits per heavy atom. The van der Waals surface area contributed by atoms with Crippen LogP contribution in [0.5, 0.6) is 11.5 Å². The number of carbonyl (C=O) groups excluding carboxylic acids is 1. The standard InChI is InChI=1S/C22H13ClF2O3/c23-17-5-3-7-19(25)16(17)11-21-22(26)15-9-8-14(10-20(15)28-21)27-12-13-4-1-2-6-18(13)24/h1-11H,12H2/b21-11+. The highest BCUT2D eigenvalue weighted by Crippen LogP contribution is 2.36. The molecule has 0 saturated carbocycles. The van der Waals surface area contributed by atoms with Crippen LogP contribution in [0.1, 0.15) is 21.5 Å². The zero-order valence-corrected chi connectivity index (χ0v) is 15.2. The number of ether oxygens (including phenoxy) is 2. The Hall–Kier alpha value is -3.18. The second-order valence-electron chi connectivity index (χ2n) is 6.11. The summed E-state index contributed by atoms with van der Waals surface area (Å²) < 4.78 is 38.8. The molecule has 3 nitrogen and oxygen atoms in total. The van der Waals surface area contributed by atoms with E-state index < -0.39 is 5.82 Å². The molecule has 0 N–H and O–H groups in total. The summed E-state index contributed by atoms with van der Waals surface area (Å²) in [5.41, 5.74) is 0.822. The van der Waals surface area contributed by atoms with E-state index in [4.69, 9.17) is 21.1 Å². The molecule has 0 amide bonds. The Labute approximate surface area is 164 Å². The van der Waals surface area contributed by atoms with Crippen molar-refractivity contribution < 1.29 is 23.0 Å². The third-order valence-electron chi connectivity index (χ3n) is 4.27. The third-order valence-corrected chi connectivity index (χ3v) is 4.60. The van der Waals surface area contributed by atoms with Gasteiger partial charge in [0.25, 0.3) is 0 Å². The lowest BCUT2D eigenvalue weighted by molar-refractivity contribution is 0.101. The van der Waals surface area contributed by atoms with Crippen molar-refractivity contribution in [2.24, 2.45) is 0 Å². The Bertz CT molecular complexity index is 1090. The molecule has 28 heavy (non-hydrogen) atoms. The van der Waals surface area contributed by atoms with Gasteiger partial charge >= 0.3 is 0 Å².